The van der Waals surface area contributed by atoms with Crippen molar-refractivity contribution >= 4 is 23.7 Å². The van der Waals surface area contributed by atoms with Crippen molar-refractivity contribution in [2.45, 2.75) is 19.6 Å². The van der Waals surface area contributed by atoms with Crippen molar-refractivity contribution in [2.75, 3.05) is 37.1 Å². The van der Waals surface area contributed by atoms with Crippen LogP contribution in [0.4, 0.5) is 11.9 Å². The molecule has 1 aromatic heterocycles. The average molecular weight is 333 g/mol. The first-order valence-electron chi connectivity index (χ1n) is 7.41. The van der Waals surface area contributed by atoms with Crippen molar-refractivity contribution in [3.8, 4) is 5.75 Å². The molecule has 6 nitrogen and oxygen atoms in total. The van der Waals surface area contributed by atoms with Crippen LogP contribution in [0.15, 0.2) is 18.2 Å². The molecule has 124 valence electrons. The fraction of sp³-hybridized carbons (Fsp3) is 0.438. The Labute approximate surface area is 141 Å². The lowest BCUT2D eigenvalue weighted by atomic mass is 10.1. The number of nitrogens with two attached hydrogens (primary N) is 1. The normalized spacial score (nSPS) is 10.6. The van der Waals surface area contributed by atoms with Crippen molar-refractivity contribution in [1.29, 1.82) is 0 Å². The van der Waals surface area contributed by atoms with Crippen LogP contribution >= 0.6 is 11.8 Å². The third kappa shape index (κ3) is 5.28. The van der Waals surface area contributed by atoms with Gasteiger partial charge in [0.15, 0.2) is 0 Å². The first-order chi connectivity index (χ1) is 11.0. The van der Waals surface area contributed by atoms with Crippen molar-refractivity contribution in [3.63, 3.8) is 0 Å². The quantitative estimate of drug-likeness (QED) is 0.780. The van der Waals surface area contributed by atoms with E-state index in [0.717, 1.165) is 17.1 Å². The molecule has 7 heteroatoms. The van der Waals surface area contributed by atoms with E-state index in [0.29, 0.717) is 24.1 Å². The van der Waals surface area contributed by atoms with Crippen molar-refractivity contribution < 1.29 is 4.74 Å². The first-order valence-corrected chi connectivity index (χ1v) is 8.56. The van der Waals surface area contributed by atoms with Gasteiger partial charge in [-0.1, -0.05) is 12.1 Å². The van der Waals surface area contributed by atoms with Gasteiger partial charge in [0.2, 0.25) is 11.9 Å². The van der Waals surface area contributed by atoms with E-state index in [4.69, 9.17) is 10.5 Å². The summed E-state index contributed by atoms with van der Waals surface area (Å²) in [4.78, 5) is 14.4. The Morgan fingerprint density at radius 1 is 1.17 bits per heavy atom. The molecule has 23 heavy (non-hydrogen) atoms. The van der Waals surface area contributed by atoms with Gasteiger partial charge >= 0.3 is 0 Å². The van der Waals surface area contributed by atoms with Gasteiger partial charge in [0.05, 0.1) is 12.4 Å². The fourth-order valence-corrected chi connectivity index (χ4v) is 2.58. The van der Waals surface area contributed by atoms with E-state index in [1.165, 1.54) is 5.56 Å². The van der Waals surface area contributed by atoms with Gasteiger partial charge in [0, 0.05) is 19.8 Å². The summed E-state index contributed by atoms with van der Waals surface area (Å²) in [5.41, 5.74) is 8.07. The number of benzene rings is 1. The molecule has 0 unspecified atom stereocenters. The number of nitrogen functional groups attached to an aromatic ring is 1. The molecule has 2 aromatic rings. The van der Waals surface area contributed by atoms with Crippen LogP contribution in [0, 0.1) is 13.8 Å². The van der Waals surface area contributed by atoms with Gasteiger partial charge in [-0.05, 0) is 31.0 Å². The van der Waals surface area contributed by atoms with E-state index < -0.39 is 0 Å². The molecule has 0 atom stereocenters. The summed E-state index contributed by atoms with van der Waals surface area (Å²) in [6.45, 7) is 4.77. The monoisotopic (exact) mass is 333 g/mol. The smallest absolute Gasteiger partial charge is 0.229 e. The van der Waals surface area contributed by atoms with E-state index in [1.54, 1.807) is 11.8 Å². The fourth-order valence-electron chi connectivity index (χ4n) is 1.93. The largest absolute Gasteiger partial charge is 0.492 e. The van der Waals surface area contributed by atoms with Gasteiger partial charge in [-0.2, -0.15) is 26.7 Å². The second-order valence-electron chi connectivity index (χ2n) is 5.47. The molecule has 1 aromatic carbocycles. The zero-order valence-corrected chi connectivity index (χ0v) is 14.9. The number of nitrogens with zero attached hydrogens (tertiary/aromatic N) is 4. The van der Waals surface area contributed by atoms with E-state index in [2.05, 4.69) is 47.0 Å². The molecular weight excluding hydrogens is 310 g/mol. The molecule has 0 saturated carbocycles. The summed E-state index contributed by atoms with van der Waals surface area (Å²) < 4.78 is 5.83. The summed E-state index contributed by atoms with van der Waals surface area (Å²) >= 11 is 1.71. The van der Waals surface area contributed by atoms with E-state index >= 15 is 0 Å². The minimum atomic E-state index is 0.255. The third-order valence-electron chi connectivity index (χ3n) is 3.15. The second kappa shape index (κ2) is 8.01. The molecule has 0 aliphatic heterocycles. The number of anilines is 2. The van der Waals surface area contributed by atoms with Gasteiger partial charge in [-0.3, -0.25) is 0 Å². The van der Waals surface area contributed by atoms with Crippen LogP contribution in [-0.4, -0.2) is 41.4 Å². The summed E-state index contributed by atoms with van der Waals surface area (Å²) in [6, 6.07) is 6.23. The average Bonchev–Trinajstić information content (AvgIpc) is 2.49. The van der Waals surface area contributed by atoms with Crippen LogP contribution in [0.25, 0.3) is 0 Å². The number of hydrogen-bond donors (Lipinski definition) is 1. The van der Waals surface area contributed by atoms with Crippen LogP contribution in [0.1, 0.15) is 17.0 Å². The van der Waals surface area contributed by atoms with E-state index in [9.17, 15) is 0 Å². The van der Waals surface area contributed by atoms with Crippen LogP contribution in [0.5, 0.6) is 5.75 Å². The summed E-state index contributed by atoms with van der Waals surface area (Å²) in [6.07, 6.45) is 0. The molecule has 0 saturated heterocycles. The maximum atomic E-state index is 5.83. The third-order valence-corrected chi connectivity index (χ3v) is 4.06. The Morgan fingerprint density at radius 3 is 2.70 bits per heavy atom. The zero-order chi connectivity index (χ0) is 16.8. The summed E-state index contributed by atoms with van der Waals surface area (Å²) in [5.74, 6) is 4.02. The Balaban J connectivity index is 1.80. The second-order valence-corrected chi connectivity index (χ2v) is 6.58. The molecule has 0 spiro atoms. The Hall–Kier alpha value is -2.02. The van der Waals surface area contributed by atoms with Gasteiger partial charge in [-0.15, -0.1) is 0 Å². The number of aromatic nitrogens is 3. The molecule has 1 heterocycles. The molecule has 2 N–H and O–H groups in total. The van der Waals surface area contributed by atoms with Crippen LogP contribution < -0.4 is 15.4 Å². The highest BCUT2D eigenvalue weighted by atomic mass is 32.2. The highest BCUT2D eigenvalue weighted by Gasteiger charge is 2.06. The number of thioether (sulfide) groups is 1. The standard InChI is InChI=1S/C16H23N5OS/c1-11-5-6-12(2)13(9-11)22-7-8-23-10-14-18-15(17)20-16(19-14)21(3)4/h5-6,9H,7-8,10H2,1-4H3,(H2,17,18,19,20). The van der Waals surface area contributed by atoms with Crippen molar-refractivity contribution in [3.05, 3.63) is 35.2 Å². The predicted molar refractivity (Wildman–Crippen MR) is 96.1 cm³/mol. The van der Waals surface area contributed by atoms with E-state index in [1.807, 2.05) is 19.0 Å². The molecule has 0 aliphatic rings. The zero-order valence-electron chi connectivity index (χ0n) is 14.0. The predicted octanol–water partition coefficient (Wildman–Crippen LogP) is 2.45. The minimum Gasteiger partial charge on any atom is -0.492 e. The van der Waals surface area contributed by atoms with Gasteiger partial charge < -0.3 is 15.4 Å². The number of aryl methyl sites for hydroxylation is 2. The van der Waals surface area contributed by atoms with Gasteiger partial charge in [0.1, 0.15) is 11.6 Å². The topological polar surface area (TPSA) is 77.2 Å². The summed E-state index contributed by atoms with van der Waals surface area (Å²) in [7, 11) is 3.76. The van der Waals surface area contributed by atoms with Crippen LogP contribution in [0.2, 0.25) is 0 Å². The SMILES string of the molecule is Cc1ccc(C)c(OCCSCc2nc(N)nc(N(C)C)n2)c1. The Morgan fingerprint density at radius 2 is 1.96 bits per heavy atom. The molecule has 0 fully saturated rings. The lowest BCUT2D eigenvalue weighted by molar-refractivity contribution is 0.341. The Kier molecular flexibility index (Phi) is 6.04. The minimum absolute atomic E-state index is 0.255. The lowest BCUT2D eigenvalue weighted by Crippen LogP contribution is -2.16. The maximum absolute atomic E-state index is 5.83. The molecule has 0 aliphatic carbocycles. The van der Waals surface area contributed by atoms with Crippen LogP contribution in [-0.2, 0) is 5.75 Å². The molecule has 0 radical (unpaired) electrons. The Bertz CT molecular complexity index is 663. The van der Waals surface area contributed by atoms with Crippen molar-refractivity contribution in [1.82, 2.24) is 15.0 Å². The highest BCUT2D eigenvalue weighted by Crippen LogP contribution is 2.19. The summed E-state index contributed by atoms with van der Waals surface area (Å²) in [5, 5.41) is 0. The molecular formula is C16H23N5OS. The molecule has 2 rings (SSSR count). The lowest BCUT2D eigenvalue weighted by Gasteiger charge is -2.11. The number of rotatable bonds is 7. The number of ether oxygens (including phenoxy) is 1. The van der Waals surface area contributed by atoms with E-state index in [-0.39, 0.29) is 5.95 Å². The molecule has 0 bridgehead atoms. The number of hydrogen-bond acceptors (Lipinski definition) is 7. The van der Waals surface area contributed by atoms with Crippen molar-refractivity contribution in [2.24, 2.45) is 0 Å². The van der Waals surface area contributed by atoms with Gasteiger partial charge in [-0.25, -0.2) is 0 Å². The van der Waals surface area contributed by atoms with Gasteiger partial charge in [0.25, 0.3) is 0 Å². The highest BCUT2D eigenvalue weighted by molar-refractivity contribution is 7.98. The first kappa shape index (κ1) is 17.3. The molecule has 0 amide bonds. The maximum Gasteiger partial charge on any atom is 0.229 e. The van der Waals surface area contributed by atoms with Crippen LogP contribution in [0.3, 0.4) is 0 Å².